The van der Waals surface area contributed by atoms with Crippen LogP contribution in [-0.4, -0.2) is 17.2 Å². The second kappa shape index (κ2) is 5.62. The molecule has 0 aliphatic carbocycles. The predicted molar refractivity (Wildman–Crippen MR) is 84.2 cm³/mol. The molecule has 2 N–H and O–H groups in total. The van der Waals surface area contributed by atoms with Crippen LogP contribution in [0.25, 0.3) is 0 Å². The van der Waals surface area contributed by atoms with Crippen LogP contribution in [0.3, 0.4) is 0 Å². The van der Waals surface area contributed by atoms with Gasteiger partial charge in [-0.05, 0) is 36.8 Å². The van der Waals surface area contributed by atoms with Gasteiger partial charge in [0.1, 0.15) is 5.75 Å². The maximum Gasteiger partial charge on any atom is 0.127 e. The zero-order chi connectivity index (χ0) is 14.1. The van der Waals surface area contributed by atoms with Gasteiger partial charge in [-0.3, -0.25) is 0 Å². The Morgan fingerprint density at radius 2 is 2.30 bits per heavy atom. The van der Waals surface area contributed by atoms with Crippen molar-refractivity contribution in [2.24, 2.45) is 5.73 Å². The molecule has 0 saturated carbocycles. The number of halogens is 1. The van der Waals surface area contributed by atoms with Crippen LogP contribution in [0.2, 0.25) is 0 Å². The highest BCUT2D eigenvalue weighted by atomic mass is 79.9. The second-order valence-corrected chi connectivity index (χ2v) is 6.38. The van der Waals surface area contributed by atoms with Crippen molar-refractivity contribution in [1.82, 2.24) is 4.57 Å². The van der Waals surface area contributed by atoms with Crippen LogP contribution in [0.15, 0.2) is 34.9 Å². The lowest BCUT2D eigenvalue weighted by molar-refractivity contribution is 0.352. The number of hydrogen-bond donors (Lipinski definition) is 1. The highest BCUT2D eigenvalue weighted by Gasteiger charge is 2.18. The minimum absolute atomic E-state index is 0.174. The molecular formula is C16H19BrN2O. The molecule has 20 heavy (non-hydrogen) atoms. The smallest absolute Gasteiger partial charge is 0.127 e. The van der Waals surface area contributed by atoms with Crippen molar-refractivity contribution in [2.75, 3.05) is 6.61 Å². The van der Waals surface area contributed by atoms with E-state index in [-0.39, 0.29) is 6.04 Å². The van der Waals surface area contributed by atoms with E-state index in [9.17, 15) is 0 Å². The van der Waals surface area contributed by atoms with Crippen molar-refractivity contribution in [3.05, 3.63) is 51.8 Å². The maximum atomic E-state index is 5.91. The van der Waals surface area contributed by atoms with Gasteiger partial charge in [-0.2, -0.15) is 0 Å². The molecule has 0 bridgehead atoms. The summed E-state index contributed by atoms with van der Waals surface area (Å²) in [7, 11) is 0. The van der Waals surface area contributed by atoms with Gasteiger partial charge in [-0.25, -0.2) is 0 Å². The quantitative estimate of drug-likeness (QED) is 0.933. The van der Waals surface area contributed by atoms with Gasteiger partial charge in [0, 0.05) is 40.8 Å². The van der Waals surface area contributed by atoms with Crippen LogP contribution in [-0.2, 0) is 19.4 Å². The molecule has 1 aromatic carbocycles. The number of rotatable bonds is 4. The monoisotopic (exact) mass is 334 g/mol. The molecule has 1 aliphatic heterocycles. The molecule has 0 fully saturated rings. The Kier molecular flexibility index (Phi) is 3.85. The van der Waals surface area contributed by atoms with E-state index in [0.29, 0.717) is 0 Å². The third-order valence-corrected chi connectivity index (χ3v) is 4.08. The fraction of sp³-hybridized carbons (Fsp3) is 0.375. The summed E-state index contributed by atoms with van der Waals surface area (Å²) in [5.41, 5.74) is 9.72. The average molecular weight is 335 g/mol. The summed E-state index contributed by atoms with van der Waals surface area (Å²) in [6, 6.07) is 8.71. The Bertz CT molecular complexity index is 619. The Morgan fingerprint density at radius 3 is 3.10 bits per heavy atom. The Balaban J connectivity index is 1.90. The molecule has 106 valence electrons. The van der Waals surface area contributed by atoms with Gasteiger partial charge in [-0.1, -0.05) is 15.9 Å². The molecule has 2 aromatic rings. The molecule has 3 rings (SSSR count). The predicted octanol–water partition coefficient (Wildman–Crippen LogP) is 3.12. The largest absolute Gasteiger partial charge is 0.493 e. The van der Waals surface area contributed by atoms with Crippen molar-refractivity contribution in [1.29, 1.82) is 0 Å². The highest BCUT2D eigenvalue weighted by Crippen LogP contribution is 2.33. The molecule has 0 radical (unpaired) electrons. The third-order valence-electron chi connectivity index (χ3n) is 3.62. The first kappa shape index (κ1) is 13.7. The van der Waals surface area contributed by atoms with Crippen LogP contribution in [0.4, 0.5) is 0 Å². The number of nitrogens with zero attached hydrogens (tertiary/aromatic N) is 1. The molecule has 1 unspecified atom stereocenters. The van der Waals surface area contributed by atoms with E-state index >= 15 is 0 Å². The Morgan fingerprint density at radius 1 is 1.45 bits per heavy atom. The van der Waals surface area contributed by atoms with Gasteiger partial charge >= 0.3 is 0 Å². The molecule has 1 aliphatic rings. The van der Waals surface area contributed by atoms with E-state index in [4.69, 9.17) is 10.5 Å². The van der Waals surface area contributed by atoms with E-state index in [2.05, 4.69) is 51.0 Å². The molecular weight excluding hydrogens is 316 g/mol. The van der Waals surface area contributed by atoms with Crippen molar-refractivity contribution >= 4 is 15.9 Å². The van der Waals surface area contributed by atoms with E-state index in [1.54, 1.807) is 0 Å². The minimum Gasteiger partial charge on any atom is -0.493 e. The molecule has 4 heteroatoms. The summed E-state index contributed by atoms with van der Waals surface area (Å²) in [4.78, 5) is 0. The zero-order valence-corrected chi connectivity index (χ0v) is 13.2. The Hall–Kier alpha value is -1.26. The average Bonchev–Trinajstić information content (AvgIpc) is 2.98. The minimum atomic E-state index is 0.174. The number of hydrogen-bond acceptors (Lipinski definition) is 2. The van der Waals surface area contributed by atoms with E-state index in [1.165, 1.54) is 16.8 Å². The maximum absolute atomic E-state index is 5.91. The number of fused-ring (bicyclic) bond motifs is 1. The fourth-order valence-corrected chi connectivity index (χ4v) is 3.32. The van der Waals surface area contributed by atoms with Crippen molar-refractivity contribution in [3.8, 4) is 5.75 Å². The summed E-state index contributed by atoms with van der Waals surface area (Å²) in [6.45, 7) is 3.66. The molecule has 0 amide bonds. The lowest BCUT2D eigenvalue weighted by Crippen LogP contribution is -2.20. The highest BCUT2D eigenvalue weighted by molar-refractivity contribution is 9.10. The van der Waals surface area contributed by atoms with Crippen LogP contribution >= 0.6 is 15.9 Å². The topological polar surface area (TPSA) is 40.2 Å². The van der Waals surface area contributed by atoms with Crippen molar-refractivity contribution < 1.29 is 4.74 Å². The third kappa shape index (κ3) is 2.76. The van der Waals surface area contributed by atoms with Gasteiger partial charge in [0.15, 0.2) is 0 Å². The summed E-state index contributed by atoms with van der Waals surface area (Å²) in [5, 5.41) is 0. The zero-order valence-electron chi connectivity index (χ0n) is 11.6. The normalized spacial score (nSPS) is 14.9. The van der Waals surface area contributed by atoms with Crippen LogP contribution in [0, 0.1) is 0 Å². The SMILES string of the molecule is CC(N)Cc1cccn1Cc1cc(Br)cc2c1OCC2. The first-order valence-electron chi connectivity index (χ1n) is 6.97. The molecule has 3 nitrogen and oxygen atoms in total. The number of nitrogens with two attached hydrogens (primary N) is 1. The number of benzene rings is 1. The van der Waals surface area contributed by atoms with E-state index in [0.717, 1.165) is 36.2 Å². The van der Waals surface area contributed by atoms with Gasteiger partial charge in [0.25, 0.3) is 0 Å². The van der Waals surface area contributed by atoms with Crippen molar-refractivity contribution in [2.45, 2.75) is 32.4 Å². The lowest BCUT2D eigenvalue weighted by atomic mass is 10.1. The molecule has 2 heterocycles. The summed E-state index contributed by atoms with van der Waals surface area (Å²) in [5.74, 6) is 1.06. The van der Waals surface area contributed by atoms with Gasteiger partial charge in [-0.15, -0.1) is 0 Å². The number of aromatic nitrogens is 1. The van der Waals surface area contributed by atoms with Gasteiger partial charge < -0.3 is 15.0 Å². The van der Waals surface area contributed by atoms with Crippen LogP contribution < -0.4 is 10.5 Å². The lowest BCUT2D eigenvalue weighted by Gasteiger charge is -2.14. The fourth-order valence-electron chi connectivity index (χ4n) is 2.77. The van der Waals surface area contributed by atoms with Crippen molar-refractivity contribution in [3.63, 3.8) is 0 Å². The number of ether oxygens (including phenoxy) is 1. The summed E-state index contributed by atoms with van der Waals surface area (Å²) >= 11 is 3.59. The van der Waals surface area contributed by atoms with E-state index in [1.807, 2.05) is 6.92 Å². The van der Waals surface area contributed by atoms with E-state index < -0.39 is 0 Å². The molecule has 1 aromatic heterocycles. The van der Waals surface area contributed by atoms with Gasteiger partial charge in [0.05, 0.1) is 13.2 Å². The first-order chi connectivity index (χ1) is 9.63. The second-order valence-electron chi connectivity index (χ2n) is 5.46. The van der Waals surface area contributed by atoms with Gasteiger partial charge in [0.2, 0.25) is 0 Å². The summed E-state index contributed by atoms with van der Waals surface area (Å²) < 4.78 is 9.18. The van der Waals surface area contributed by atoms with Crippen LogP contribution in [0.5, 0.6) is 5.75 Å². The van der Waals surface area contributed by atoms with Crippen LogP contribution in [0.1, 0.15) is 23.7 Å². The molecule has 0 spiro atoms. The Labute approximate surface area is 127 Å². The first-order valence-corrected chi connectivity index (χ1v) is 7.76. The molecule has 1 atom stereocenters. The standard InChI is InChI=1S/C16H19BrN2O/c1-11(18)7-15-3-2-5-19(15)10-13-9-14(17)8-12-4-6-20-16(12)13/h2-3,5,8-9,11H,4,6-7,10,18H2,1H3. The summed E-state index contributed by atoms with van der Waals surface area (Å²) in [6.07, 6.45) is 4.00. The molecule has 0 saturated heterocycles.